The second-order valence-electron chi connectivity index (χ2n) is 6.85. The van der Waals surface area contributed by atoms with E-state index in [4.69, 9.17) is 9.47 Å². The van der Waals surface area contributed by atoms with Gasteiger partial charge in [-0.15, -0.1) is 0 Å². The van der Waals surface area contributed by atoms with Crippen LogP contribution in [-0.2, 0) is 14.3 Å². The fourth-order valence-corrected chi connectivity index (χ4v) is 2.69. The molecule has 0 aliphatic rings. The molecule has 2 rings (SSSR count). The van der Waals surface area contributed by atoms with Crippen LogP contribution in [0.2, 0.25) is 0 Å². The second kappa shape index (κ2) is 9.21. The maximum absolute atomic E-state index is 12.0. The molecule has 0 aliphatic carbocycles. The van der Waals surface area contributed by atoms with E-state index in [2.05, 4.69) is 5.32 Å². The van der Waals surface area contributed by atoms with Crippen molar-refractivity contribution in [2.75, 3.05) is 13.2 Å². The SMILES string of the molecule is Cc1ccc(OCC(=O)OCC(=O)N[C@@H](C)c2ccc(C)c(C)c2)c(C)c1. The van der Waals surface area contributed by atoms with E-state index in [1.165, 1.54) is 11.1 Å². The fourth-order valence-electron chi connectivity index (χ4n) is 2.69. The topological polar surface area (TPSA) is 64.6 Å². The molecule has 0 saturated heterocycles. The van der Waals surface area contributed by atoms with Gasteiger partial charge in [0.05, 0.1) is 6.04 Å². The lowest BCUT2D eigenvalue weighted by Gasteiger charge is -2.16. The van der Waals surface area contributed by atoms with E-state index in [1.54, 1.807) is 0 Å². The van der Waals surface area contributed by atoms with Crippen LogP contribution in [0, 0.1) is 27.7 Å². The highest BCUT2D eigenvalue weighted by Crippen LogP contribution is 2.19. The Morgan fingerprint density at radius 3 is 2.33 bits per heavy atom. The maximum atomic E-state index is 12.0. The lowest BCUT2D eigenvalue weighted by Crippen LogP contribution is -2.32. The van der Waals surface area contributed by atoms with Gasteiger partial charge in [-0.05, 0) is 62.9 Å². The molecule has 0 unspecified atom stereocenters. The molecule has 1 N–H and O–H groups in total. The predicted molar refractivity (Wildman–Crippen MR) is 105 cm³/mol. The zero-order chi connectivity index (χ0) is 20.0. The highest BCUT2D eigenvalue weighted by molar-refractivity contribution is 5.81. The number of carbonyl (C=O) groups is 2. The average molecular weight is 369 g/mol. The largest absolute Gasteiger partial charge is 0.482 e. The van der Waals surface area contributed by atoms with Crippen molar-refractivity contribution in [2.24, 2.45) is 0 Å². The lowest BCUT2D eigenvalue weighted by atomic mass is 10.0. The summed E-state index contributed by atoms with van der Waals surface area (Å²) in [6, 6.07) is 11.6. The first-order valence-electron chi connectivity index (χ1n) is 8.98. The molecule has 0 radical (unpaired) electrons. The van der Waals surface area contributed by atoms with Crippen molar-refractivity contribution in [3.63, 3.8) is 0 Å². The zero-order valence-corrected chi connectivity index (χ0v) is 16.6. The summed E-state index contributed by atoms with van der Waals surface area (Å²) < 4.78 is 10.4. The van der Waals surface area contributed by atoms with Crippen molar-refractivity contribution in [2.45, 2.75) is 40.7 Å². The molecule has 2 aromatic rings. The number of esters is 1. The molecule has 0 heterocycles. The molecule has 0 fully saturated rings. The Hall–Kier alpha value is -2.82. The van der Waals surface area contributed by atoms with Crippen LogP contribution in [0.25, 0.3) is 0 Å². The number of rotatable bonds is 7. The average Bonchev–Trinajstić information content (AvgIpc) is 2.61. The van der Waals surface area contributed by atoms with E-state index in [1.807, 2.05) is 71.0 Å². The Morgan fingerprint density at radius 2 is 1.67 bits per heavy atom. The van der Waals surface area contributed by atoms with Gasteiger partial charge in [-0.25, -0.2) is 4.79 Å². The van der Waals surface area contributed by atoms with Gasteiger partial charge in [0, 0.05) is 0 Å². The second-order valence-corrected chi connectivity index (χ2v) is 6.85. The lowest BCUT2D eigenvalue weighted by molar-refractivity contribution is -0.150. The van der Waals surface area contributed by atoms with Gasteiger partial charge in [0.1, 0.15) is 5.75 Å². The van der Waals surface area contributed by atoms with Gasteiger partial charge < -0.3 is 14.8 Å². The number of aryl methyl sites for hydroxylation is 4. The summed E-state index contributed by atoms with van der Waals surface area (Å²) in [5, 5.41) is 2.83. The molecule has 2 aromatic carbocycles. The monoisotopic (exact) mass is 369 g/mol. The number of amides is 1. The van der Waals surface area contributed by atoms with E-state index in [-0.39, 0.29) is 25.2 Å². The third-order valence-electron chi connectivity index (χ3n) is 4.45. The molecule has 0 spiro atoms. The Kier molecular flexibility index (Phi) is 6.99. The first-order valence-corrected chi connectivity index (χ1v) is 8.98. The van der Waals surface area contributed by atoms with Gasteiger partial charge in [0.25, 0.3) is 5.91 Å². The molecule has 0 aliphatic heterocycles. The molecular formula is C22H27NO4. The molecule has 0 saturated carbocycles. The van der Waals surface area contributed by atoms with Crippen LogP contribution in [0.15, 0.2) is 36.4 Å². The summed E-state index contributed by atoms with van der Waals surface area (Å²) in [6.45, 7) is 9.31. The first kappa shape index (κ1) is 20.5. The van der Waals surface area contributed by atoms with Crippen molar-refractivity contribution in [3.8, 4) is 5.75 Å². The Morgan fingerprint density at radius 1 is 0.926 bits per heavy atom. The molecule has 5 nitrogen and oxygen atoms in total. The zero-order valence-electron chi connectivity index (χ0n) is 16.6. The molecule has 0 bridgehead atoms. The molecular weight excluding hydrogens is 342 g/mol. The summed E-state index contributed by atoms with van der Waals surface area (Å²) >= 11 is 0. The van der Waals surface area contributed by atoms with Gasteiger partial charge >= 0.3 is 5.97 Å². The minimum atomic E-state index is -0.580. The highest BCUT2D eigenvalue weighted by atomic mass is 16.6. The maximum Gasteiger partial charge on any atom is 0.344 e. The van der Waals surface area contributed by atoms with Crippen molar-refractivity contribution < 1.29 is 19.1 Å². The van der Waals surface area contributed by atoms with Crippen molar-refractivity contribution in [1.29, 1.82) is 0 Å². The van der Waals surface area contributed by atoms with Crippen LogP contribution >= 0.6 is 0 Å². The van der Waals surface area contributed by atoms with E-state index in [0.29, 0.717) is 5.75 Å². The fraction of sp³-hybridized carbons (Fsp3) is 0.364. The number of benzene rings is 2. The number of nitrogens with one attached hydrogen (secondary N) is 1. The summed E-state index contributed by atoms with van der Waals surface area (Å²) in [7, 11) is 0. The van der Waals surface area contributed by atoms with Gasteiger partial charge in [-0.3, -0.25) is 4.79 Å². The number of hydrogen-bond acceptors (Lipinski definition) is 4. The normalized spacial score (nSPS) is 11.6. The quantitative estimate of drug-likeness (QED) is 0.756. The summed E-state index contributed by atoms with van der Waals surface area (Å²) in [6.07, 6.45) is 0. The number of hydrogen-bond donors (Lipinski definition) is 1. The molecule has 1 atom stereocenters. The molecule has 144 valence electrons. The first-order chi connectivity index (χ1) is 12.8. The van der Waals surface area contributed by atoms with Crippen molar-refractivity contribution >= 4 is 11.9 Å². The van der Waals surface area contributed by atoms with E-state index in [0.717, 1.165) is 16.7 Å². The van der Waals surface area contributed by atoms with E-state index in [9.17, 15) is 9.59 Å². The standard InChI is InChI=1S/C22H27NO4/c1-14-6-9-20(17(4)10-14)26-13-22(25)27-12-21(24)23-18(5)19-8-7-15(2)16(3)11-19/h6-11,18H,12-13H2,1-5H3,(H,23,24)/t18-/m0/s1. The van der Waals surface area contributed by atoms with E-state index < -0.39 is 5.97 Å². The molecule has 27 heavy (non-hydrogen) atoms. The summed E-state index contributed by atoms with van der Waals surface area (Å²) in [4.78, 5) is 23.8. The van der Waals surface area contributed by atoms with Gasteiger partial charge in [-0.1, -0.05) is 35.9 Å². The Balaban J connectivity index is 1.77. The number of ether oxygens (including phenoxy) is 2. The summed E-state index contributed by atoms with van der Waals surface area (Å²) in [5.41, 5.74) is 5.45. The number of carbonyl (C=O) groups excluding carboxylic acids is 2. The van der Waals surface area contributed by atoms with Crippen LogP contribution in [0.5, 0.6) is 5.75 Å². The third kappa shape index (κ3) is 6.13. The van der Waals surface area contributed by atoms with Gasteiger partial charge in [-0.2, -0.15) is 0 Å². The molecule has 1 amide bonds. The highest BCUT2D eigenvalue weighted by Gasteiger charge is 2.13. The van der Waals surface area contributed by atoms with Gasteiger partial charge in [0.15, 0.2) is 13.2 Å². The van der Waals surface area contributed by atoms with Crippen molar-refractivity contribution in [1.82, 2.24) is 5.32 Å². The smallest absolute Gasteiger partial charge is 0.344 e. The molecule has 5 heteroatoms. The Labute approximate surface area is 160 Å². The van der Waals surface area contributed by atoms with E-state index >= 15 is 0 Å². The van der Waals surface area contributed by atoms with Crippen LogP contribution in [0.1, 0.15) is 40.8 Å². The van der Waals surface area contributed by atoms with Crippen LogP contribution in [-0.4, -0.2) is 25.1 Å². The summed E-state index contributed by atoms with van der Waals surface area (Å²) in [5.74, 6) is -0.296. The van der Waals surface area contributed by atoms with Crippen molar-refractivity contribution in [3.05, 3.63) is 64.2 Å². The predicted octanol–water partition coefficient (Wildman–Crippen LogP) is 3.72. The Bertz CT molecular complexity index is 829. The van der Waals surface area contributed by atoms with Gasteiger partial charge in [0.2, 0.25) is 0 Å². The van der Waals surface area contributed by atoms with Crippen LogP contribution < -0.4 is 10.1 Å². The third-order valence-corrected chi connectivity index (χ3v) is 4.45. The van der Waals surface area contributed by atoms with Crippen LogP contribution in [0.3, 0.4) is 0 Å². The molecule has 0 aromatic heterocycles. The minimum absolute atomic E-state index is 0.165. The minimum Gasteiger partial charge on any atom is -0.482 e. The van der Waals surface area contributed by atoms with Crippen LogP contribution in [0.4, 0.5) is 0 Å².